The molecule has 3 nitrogen and oxygen atoms in total. The van der Waals surface area contributed by atoms with Crippen LogP contribution in [0.2, 0.25) is 0 Å². The average Bonchev–Trinajstić information content (AvgIpc) is 2.40. The van der Waals surface area contributed by atoms with E-state index < -0.39 is 0 Å². The first-order valence-corrected chi connectivity index (χ1v) is 6.95. The summed E-state index contributed by atoms with van der Waals surface area (Å²) in [4.78, 5) is 10.9. The van der Waals surface area contributed by atoms with Crippen molar-refractivity contribution in [3.63, 3.8) is 0 Å². The molecule has 18 heavy (non-hydrogen) atoms. The molecular formula is C15H28O3. The predicted octanol–water partition coefficient (Wildman–Crippen LogP) is 3.87. The quantitative estimate of drug-likeness (QED) is 0.320. The predicted molar refractivity (Wildman–Crippen MR) is 74.6 cm³/mol. The normalized spacial score (nSPS) is 12.8. The van der Waals surface area contributed by atoms with E-state index in [2.05, 4.69) is 23.8 Å². The molecule has 0 aliphatic carbocycles. The van der Waals surface area contributed by atoms with Crippen LogP contribution in [0.15, 0.2) is 12.2 Å². The van der Waals surface area contributed by atoms with E-state index in [0.717, 1.165) is 25.7 Å². The van der Waals surface area contributed by atoms with Crippen molar-refractivity contribution in [3.05, 3.63) is 12.2 Å². The summed E-state index contributed by atoms with van der Waals surface area (Å²) in [5.41, 5.74) is 0. The fourth-order valence-electron chi connectivity index (χ4n) is 1.67. The maximum absolute atomic E-state index is 10.9. The van der Waals surface area contributed by atoms with Gasteiger partial charge in [-0.05, 0) is 32.6 Å². The molecule has 0 radical (unpaired) electrons. The first-order valence-electron chi connectivity index (χ1n) is 6.95. The van der Waals surface area contributed by atoms with E-state index in [4.69, 9.17) is 4.74 Å². The van der Waals surface area contributed by atoms with Gasteiger partial charge in [0.1, 0.15) is 0 Å². The number of rotatable bonds is 11. The second-order valence-electron chi connectivity index (χ2n) is 4.64. The molecule has 0 aromatic carbocycles. The zero-order valence-electron chi connectivity index (χ0n) is 12.1. The Balaban J connectivity index is 3.18. The molecule has 0 aliphatic heterocycles. The van der Waals surface area contributed by atoms with Crippen molar-refractivity contribution >= 4 is 5.97 Å². The smallest absolute Gasteiger partial charge is 0.305 e. The Morgan fingerprint density at radius 2 is 1.72 bits per heavy atom. The molecule has 0 saturated heterocycles. The topological polar surface area (TPSA) is 35.5 Å². The summed E-state index contributed by atoms with van der Waals surface area (Å²) >= 11 is 0. The molecule has 3 heteroatoms. The lowest BCUT2D eigenvalue weighted by molar-refractivity contribution is -0.140. The molecule has 106 valence electrons. The van der Waals surface area contributed by atoms with Crippen LogP contribution in [0, 0.1) is 0 Å². The Morgan fingerprint density at radius 3 is 2.39 bits per heavy atom. The largest absolute Gasteiger partial charge is 0.469 e. The first kappa shape index (κ1) is 17.2. The monoisotopic (exact) mass is 256 g/mol. The molecule has 0 spiro atoms. The van der Waals surface area contributed by atoms with Crippen LogP contribution in [0.25, 0.3) is 0 Å². The maximum Gasteiger partial charge on any atom is 0.305 e. The van der Waals surface area contributed by atoms with Gasteiger partial charge in [0.05, 0.1) is 13.2 Å². The summed E-state index contributed by atoms with van der Waals surface area (Å²) in [5.74, 6) is -0.0924. The van der Waals surface area contributed by atoms with E-state index in [1.165, 1.54) is 26.4 Å². The Hall–Kier alpha value is -0.830. The third kappa shape index (κ3) is 11.6. The van der Waals surface area contributed by atoms with E-state index in [-0.39, 0.29) is 5.97 Å². The zero-order valence-corrected chi connectivity index (χ0v) is 12.1. The lowest BCUT2D eigenvalue weighted by Crippen LogP contribution is -2.01. The minimum absolute atomic E-state index is 0.0924. The molecule has 0 heterocycles. The van der Waals surface area contributed by atoms with E-state index in [1.807, 2.05) is 0 Å². The van der Waals surface area contributed by atoms with Gasteiger partial charge in [-0.3, -0.25) is 4.79 Å². The van der Waals surface area contributed by atoms with Gasteiger partial charge in [-0.1, -0.05) is 31.4 Å². The van der Waals surface area contributed by atoms with Gasteiger partial charge in [-0.15, -0.1) is 0 Å². The fraction of sp³-hybridized carbons (Fsp3) is 0.800. The van der Waals surface area contributed by atoms with Crippen LogP contribution in [0.4, 0.5) is 0 Å². The van der Waals surface area contributed by atoms with Crippen molar-refractivity contribution in [3.8, 4) is 0 Å². The van der Waals surface area contributed by atoms with E-state index in [1.54, 1.807) is 7.11 Å². The minimum atomic E-state index is -0.0924. The Labute approximate surface area is 112 Å². The second kappa shape index (κ2) is 12.6. The molecule has 0 fully saturated rings. The molecule has 0 rings (SSSR count). The number of unbranched alkanes of at least 4 members (excludes halogenated alkanes) is 5. The fourth-order valence-corrected chi connectivity index (χ4v) is 1.67. The standard InChI is InChI=1S/C15H28O3/c1-14(17-2)12-10-8-6-4-5-7-9-11-13-15(16)18-3/h8,10,14H,4-7,9,11-13H2,1-3H3/b10-8+/t14-/m1/s1. The highest BCUT2D eigenvalue weighted by atomic mass is 16.5. The van der Waals surface area contributed by atoms with Crippen molar-refractivity contribution in [1.29, 1.82) is 0 Å². The van der Waals surface area contributed by atoms with Gasteiger partial charge in [0.25, 0.3) is 0 Å². The summed E-state index contributed by atoms with van der Waals surface area (Å²) in [5, 5.41) is 0. The number of carbonyl (C=O) groups is 1. The number of allylic oxidation sites excluding steroid dienone is 1. The summed E-state index contributed by atoms with van der Waals surface area (Å²) < 4.78 is 9.75. The van der Waals surface area contributed by atoms with Crippen molar-refractivity contribution in [2.45, 2.75) is 64.4 Å². The molecule has 0 bridgehead atoms. The van der Waals surface area contributed by atoms with Crippen molar-refractivity contribution in [1.82, 2.24) is 0 Å². The molecule has 0 aromatic heterocycles. The van der Waals surface area contributed by atoms with Crippen molar-refractivity contribution in [2.75, 3.05) is 14.2 Å². The van der Waals surface area contributed by atoms with E-state index in [9.17, 15) is 4.79 Å². The van der Waals surface area contributed by atoms with Gasteiger partial charge in [-0.2, -0.15) is 0 Å². The molecule has 0 N–H and O–H groups in total. The van der Waals surface area contributed by atoms with Crippen LogP contribution < -0.4 is 0 Å². The van der Waals surface area contributed by atoms with Crippen molar-refractivity contribution in [2.24, 2.45) is 0 Å². The lowest BCUT2D eigenvalue weighted by atomic mass is 10.1. The summed E-state index contributed by atoms with van der Waals surface area (Å²) in [7, 11) is 3.19. The molecule has 0 saturated carbocycles. The van der Waals surface area contributed by atoms with Crippen LogP contribution in [-0.2, 0) is 14.3 Å². The van der Waals surface area contributed by atoms with Gasteiger partial charge in [0.2, 0.25) is 0 Å². The minimum Gasteiger partial charge on any atom is -0.469 e. The number of hydrogen-bond donors (Lipinski definition) is 0. The van der Waals surface area contributed by atoms with Gasteiger partial charge in [0, 0.05) is 13.5 Å². The van der Waals surface area contributed by atoms with Crippen LogP contribution >= 0.6 is 0 Å². The second-order valence-corrected chi connectivity index (χ2v) is 4.64. The van der Waals surface area contributed by atoms with Crippen LogP contribution in [0.3, 0.4) is 0 Å². The van der Waals surface area contributed by atoms with Gasteiger partial charge in [0.15, 0.2) is 0 Å². The number of esters is 1. The summed E-state index contributed by atoms with van der Waals surface area (Å²) in [6.07, 6.45) is 13.2. The van der Waals surface area contributed by atoms with Gasteiger partial charge >= 0.3 is 5.97 Å². The third-order valence-electron chi connectivity index (χ3n) is 3.02. The van der Waals surface area contributed by atoms with Crippen LogP contribution in [0.5, 0.6) is 0 Å². The van der Waals surface area contributed by atoms with Gasteiger partial charge < -0.3 is 9.47 Å². The van der Waals surface area contributed by atoms with Crippen LogP contribution in [0.1, 0.15) is 58.3 Å². The lowest BCUT2D eigenvalue weighted by Gasteiger charge is -2.04. The average molecular weight is 256 g/mol. The molecule has 0 unspecified atom stereocenters. The number of methoxy groups -OCH3 is 2. The third-order valence-corrected chi connectivity index (χ3v) is 3.02. The molecule has 1 atom stereocenters. The molecule has 0 amide bonds. The highest BCUT2D eigenvalue weighted by Crippen LogP contribution is 2.08. The SMILES string of the molecule is COC(=O)CCCCCCC/C=C/C[C@@H](C)OC. The van der Waals surface area contributed by atoms with Crippen molar-refractivity contribution < 1.29 is 14.3 Å². The Bertz CT molecular complexity index is 224. The van der Waals surface area contributed by atoms with E-state index >= 15 is 0 Å². The number of carbonyl (C=O) groups excluding carboxylic acids is 1. The highest BCUT2D eigenvalue weighted by Gasteiger charge is 1.98. The Kier molecular flexibility index (Phi) is 12.0. The number of ether oxygens (including phenoxy) is 2. The van der Waals surface area contributed by atoms with Gasteiger partial charge in [-0.25, -0.2) is 0 Å². The summed E-state index contributed by atoms with van der Waals surface area (Å²) in [6.45, 7) is 2.08. The number of hydrogen-bond acceptors (Lipinski definition) is 3. The van der Waals surface area contributed by atoms with Crippen LogP contribution in [-0.4, -0.2) is 26.3 Å². The highest BCUT2D eigenvalue weighted by molar-refractivity contribution is 5.68. The summed E-state index contributed by atoms with van der Waals surface area (Å²) in [6, 6.07) is 0. The molecule has 0 aliphatic rings. The molecular weight excluding hydrogens is 228 g/mol. The van der Waals surface area contributed by atoms with E-state index in [0.29, 0.717) is 12.5 Å². The Morgan fingerprint density at radius 1 is 1.06 bits per heavy atom. The first-order chi connectivity index (χ1) is 8.70. The maximum atomic E-state index is 10.9. The zero-order chi connectivity index (χ0) is 13.6. The molecule has 0 aromatic rings.